The van der Waals surface area contributed by atoms with Crippen LogP contribution in [0, 0.1) is 0 Å². The molecule has 0 spiro atoms. The van der Waals surface area contributed by atoms with Crippen LogP contribution in [0.2, 0.25) is 0 Å². The lowest BCUT2D eigenvalue weighted by Crippen LogP contribution is -2.28. The molecule has 8 heteroatoms. The zero-order valence-electron chi connectivity index (χ0n) is 12.5. The number of pyridine rings is 1. The van der Waals surface area contributed by atoms with Crippen LogP contribution < -0.4 is 10.6 Å². The van der Waals surface area contributed by atoms with Crippen molar-refractivity contribution in [1.82, 2.24) is 29.8 Å². The predicted octanol–water partition coefficient (Wildman–Crippen LogP) is 1.73. The second-order valence-electron chi connectivity index (χ2n) is 4.84. The molecule has 8 nitrogen and oxygen atoms in total. The first-order chi connectivity index (χ1) is 11.2. The number of hydrogen-bond acceptors (Lipinski definition) is 5. The van der Waals surface area contributed by atoms with Crippen LogP contribution in [0.5, 0.6) is 0 Å². The summed E-state index contributed by atoms with van der Waals surface area (Å²) in [4.78, 5) is 29.0. The molecule has 0 aliphatic rings. The molecule has 0 atom stereocenters. The number of amides is 2. The van der Waals surface area contributed by atoms with Gasteiger partial charge in [-0.2, -0.15) is 0 Å². The van der Waals surface area contributed by atoms with Gasteiger partial charge in [-0.1, -0.05) is 6.08 Å². The first-order valence-electron chi connectivity index (χ1n) is 6.93. The van der Waals surface area contributed by atoms with Gasteiger partial charge in [0.25, 0.3) is 0 Å². The van der Waals surface area contributed by atoms with Gasteiger partial charge in [-0.15, -0.1) is 6.58 Å². The molecule has 0 fully saturated rings. The number of anilines is 1. The first-order valence-corrected chi connectivity index (χ1v) is 6.93. The van der Waals surface area contributed by atoms with Crippen molar-refractivity contribution in [2.24, 2.45) is 7.05 Å². The smallest absolute Gasteiger partial charge is 0.320 e. The highest BCUT2D eigenvalue weighted by molar-refractivity contribution is 5.89. The minimum atomic E-state index is -0.356. The quantitative estimate of drug-likeness (QED) is 0.715. The van der Waals surface area contributed by atoms with Gasteiger partial charge in [0.2, 0.25) is 0 Å². The van der Waals surface area contributed by atoms with Crippen molar-refractivity contribution < 1.29 is 4.79 Å². The second kappa shape index (κ2) is 6.22. The highest BCUT2D eigenvalue weighted by Gasteiger charge is 2.08. The van der Waals surface area contributed by atoms with Crippen LogP contribution >= 0.6 is 0 Å². The zero-order chi connectivity index (χ0) is 16.2. The van der Waals surface area contributed by atoms with E-state index in [4.69, 9.17) is 0 Å². The number of nitrogens with zero attached hydrogens (tertiary/aromatic N) is 5. The zero-order valence-corrected chi connectivity index (χ0v) is 12.5. The van der Waals surface area contributed by atoms with Crippen LogP contribution in [0.1, 0.15) is 0 Å². The molecule has 23 heavy (non-hydrogen) atoms. The van der Waals surface area contributed by atoms with Crippen molar-refractivity contribution >= 4 is 23.0 Å². The Kier molecular flexibility index (Phi) is 3.96. The Balaban J connectivity index is 1.88. The Morgan fingerprint density at radius 1 is 1.30 bits per heavy atom. The summed E-state index contributed by atoms with van der Waals surface area (Å²) in [5.41, 5.74) is 2.42. The largest absolute Gasteiger partial charge is 0.340 e. The molecule has 2 amide bonds. The lowest BCUT2D eigenvalue weighted by molar-refractivity contribution is 0.253. The summed E-state index contributed by atoms with van der Waals surface area (Å²) in [5.74, 6) is 0.395. The van der Waals surface area contributed by atoms with Crippen molar-refractivity contribution in [1.29, 1.82) is 0 Å². The highest BCUT2D eigenvalue weighted by Crippen LogP contribution is 2.17. The average molecular weight is 309 g/mol. The van der Waals surface area contributed by atoms with Crippen LogP contribution in [0.4, 0.5) is 10.6 Å². The predicted molar refractivity (Wildman–Crippen MR) is 86.8 cm³/mol. The maximum atomic E-state index is 11.6. The third-order valence-electron chi connectivity index (χ3n) is 3.02. The van der Waals surface area contributed by atoms with Gasteiger partial charge in [0.15, 0.2) is 5.65 Å². The van der Waals surface area contributed by atoms with E-state index >= 15 is 0 Å². The van der Waals surface area contributed by atoms with E-state index in [0.717, 1.165) is 0 Å². The number of imidazole rings is 1. The molecule has 0 aliphatic heterocycles. The average Bonchev–Trinajstić information content (AvgIpc) is 2.99. The van der Waals surface area contributed by atoms with E-state index in [1.807, 2.05) is 17.8 Å². The molecule has 3 aromatic heterocycles. The Labute approximate surface area is 132 Å². The monoisotopic (exact) mass is 309 g/mol. The number of rotatable bonds is 4. The van der Waals surface area contributed by atoms with Crippen LogP contribution in [0.3, 0.4) is 0 Å². The van der Waals surface area contributed by atoms with E-state index < -0.39 is 0 Å². The lowest BCUT2D eigenvalue weighted by Gasteiger charge is -2.06. The van der Waals surface area contributed by atoms with Crippen molar-refractivity contribution in [3.8, 4) is 11.4 Å². The molecule has 0 radical (unpaired) electrons. The van der Waals surface area contributed by atoms with E-state index in [1.54, 1.807) is 30.7 Å². The molecule has 0 saturated carbocycles. The minimum Gasteiger partial charge on any atom is -0.340 e. The standard InChI is InChI=1S/C15H15N7O/c1-3-6-16-15(23)21-13-5-4-10-14(20-13)19-11(7-17-10)12-8-22(2)9-18-12/h3-5,7-9H,1,6H2,2H3,(H2,16,19,20,21,23). The molecule has 0 unspecified atom stereocenters. The maximum absolute atomic E-state index is 11.6. The fourth-order valence-corrected chi connectivity index (χ4v) is 1.96. The number of carbonyl (C=O) groups excluding carboxylic acids is 1. The van der Waals surface area contributed by atoms with Crippen molar-refractivity contribution in [3.63, 3.8) is 0 Å². The number of hydrogen-bond donors (Lipinski definition) is 2. The summed E-state index contributed by atoms with van der Waals surface area (Å²) >= 11 is 0. The molecule has 2 N–H and O–H groups in total. The summed E-state index contributed by atoms with van der Waals surface area (Å²) in [5, 5.41) is 5.25. The molecular formula is C15H15N7O. The van der Waals surface area contributed by atoms with E-state index in [0.29, 0.717) is 34.9 Å². The fourth-order valence-electron chi connectivity index (χ4n) is 1.96. The Bertz CT molecular complexity index is 871. The molecule has 0 saturated heterocycles. The molecule has 0 bridgehead atoms. The van der Waals surface area contributed by atoms with Gasteiger partial charge in [-0.05, 0) is 12.1 Å². The van der Waals surface area contributed by atoms with E-state index in [1.165, 1.54) is 0 Å². The summed E-state index contributed by atoms with van der Waals surface area (Å²) < 4.78 is 1.83. The Morgan fingerprint density at radius 3 is 2.91 bits per heavy atom. The number of carbonyl (C=O) groups is 1. The number of aryl methyl sites for hydroxylation is 1. The third kappa shape index (κ3) is 3.31. The van der Waals surface area contributed by atoms with E-state index in [-0.39, 0.29) is 6.03 Å². The SMILES string of the molecule is C=CCNC(=O)Nc1ccc2ncc(-c3cn(C)cn3)nc2n1. The van der Waals surface area contributed by atoms with Gasteiger partial charge in [-0.25, -0.2) is 19.7 Å². The molecule has 0 aromatic carbocycles. The number of aromatic nitrogens is 5. The summed E-state index contributed by atoms with van der Waals surface area (Å²) in [6, 6.07) is 3.07. The Morgan fingerprint density at radius 2 is 2.17 bits per heavy atom. The van der Waals surface area contributed by atoms with Gasteiger partial charge < -0.3 is 9.88 Å². The molecule has 0 aliphatic carbocycles. The fraction of sp³-hybridized carbons (Fsp3) is 0.133. The van der Waals surface area contributed by atoms with Crippen LogP contribution in [-0.2, 0) is 7.05 Å². The van der Waals surface area contributed by atoms with Crippen molar-refractivity contribution in [3.05, 3.63) is 43.5 Å². The van der Waals surface area contributed by atoms with Crippen molar-refractivity contribution in [2.45, 2.75) is 0 Å². The van der Waals surface area contributed by atoms with Crippen LogP contribution in [-0.4, -0.2) is 37.1 Å². The number of fused-ring (bicyclic) bond motifs is 1. The van der Waals surface area contributed by atoms with E-state index in [2.05, 4.69) is 37.1 Å². The summed E-state index contributed by atoms with van der Waals surface area (Å²) in [6.07, 6.45) is 6.78. The molecule has 3 rings (SSSR count). The van der Waals surface area contributed by atoms with Gasteiger partial charge in [0.05, 0.1) is 12.5 Å². The second-order valence-corrected chi connectivity index (χ2v) is 4.84. The molecule has 116 valence electrons. The summed E-state index contributed by atoms with van der Waals surface area (Å²) in [6.45, 7) is 3.91. The van der Waals surface area contributed by atoms with Crippen LogP contribution in [0.15, 0.2) is 43.5 Å². The topological polar surface area (TPSA) is 97.6 Å². The van der Waals surface area contributed by atoms with Crippen molar-refractivity contribution in [2.75, 3.05) is 11.9 Å². The third-order valence-corrected chi connectivity index (χ3v) is 3.02. The van der Waals surface area contributed by atoms with Gasteiger partial charge >= 0.3 is 6.03 Å². The maximum Gasteiger partial charge on any atom is 0.320 e. The number of nitrogens with one attached hydrogen (secondary N) is 2. The summed E-state index contributed by atoms with van der Waals surface area (Å²) in [7, 11) is 1.88. The van der Waals surface area contributed by atoms with Gasteiger partial charge in [-0.3, -0.25) is 10.3 Å². The van der Waals surface area contributed by atoms with Gasteiger partial charge in [0.1, 0.15) is 22.7 Å². The normalized spacial score (nSPS) is 10.5. The molecule has 3 heterocycles. The van der Waals surface area contributed by atoms with Crippen LogP contribution in [0.25, 0.3) is 22.6 Å². The highest BCUT2D eigenvalue weighted by atomic mass is 16.2. The molecule has 3 aromatic rings. The number of urea groups is 1. The first kappa shape index (κ1) is 14.6. The lowest BCUT2D eigenvalue weighted by atomic mass is 10.3. The minimum absolute atomic E-state index is 0.356. The molecular weight excluding hydrogens is 294 g/mol. The van der Waals surface area contributed by atoms with E-state index in [9.17, 15) is 4.79 Å². The van der Waals surface area contributed by atoms with Gasteiger partial charge in [0, 0.05) is 19.8 Å². The Hall–Kier alpha value is -3.29.